The summed E-state index contributed by atoms with van der Waals surface area (Å²) in [7, 11) is -3.50. The van der Waals surface area contributed by atoms with Gasteiger partial charge in [-0.05, 0) is 39.2 Å². The van der Waals surface area contributed by atoms with E-state index in [2.05, 4.69) is 4.98 Å². The number of nitrogens with one attached hydrogen (secondary N) is 1. The van der Waals surface area contributed by atoms with Crippen LogP contribution in [0.25, 0.3) is 10.9 Å². The average Bonchev–Trinajstić information content (AvgIpc) is 3.25. The van der Waals surface area contributed by atoms with Gasteiger partial charge in [0.25, 0.3) is 0 Å². The number of carbonyl (C=O) groups is 2. The maximum atomic E-state index is 12.9. The summed E-state index contributed by atoms with van der Waals surface area (Å²) >= 11 is 0. The van der Waals surface area contributed by atoms with Crippen LogP contribution in [-0.4, -0.2) is 53.9 Å². The molecule has 28 heavy (non-hydrogen) atoms. The average molecular weight is 407 g/mol. The van der Waals surface area contributed by atoms with Crippen molar-refractivity contribution in [2.45, 2.75) is 52.2 Å². The smallest absolute Gasteiger partial charge is 0.325 e. The van der Waals surface area contributed by atoms with E-state index in [4.69, 9.17) is 4.74 Å². The van der Waals surface area contributed by atoms with Gasteiger partial charge in [0.05, 0.1) is 5.75 Å². The summed E-state index contributed by atoms with van der Waals surface area (Å²) < 4.78 is 31.4. The Balaban J connectivity index is 1.76. The Morgan fingerprint density at radius 3 is 2.75 bits per heavy atom. The number of hydrogen-bond acceptors (Lipinski definition) is 5. The van der Waals surface area contributed by atoms with E-state index in [1.807, 2.05) is 24.3 Å². The summed E-state index contributed by atoms with van der Waals surface area (Å²) in [4.78, 5) is 28.8. The molecule has 0 amide bonds. The van der Waals surface area contributed by atoms with Gasteiger partial charge in [0.1, 0.15) is 6.04 Å². The van der Waals surface area contributed by atoms with Crippen LogP contribution in [0, 0.1) is 6.92 Å². The highest BCUT2D eigenvalue weighted by molar-refractivity contribution is 7.89. The number of aromatic amines is 1. The highest BCUT2D eigenvalue weighted by Crippen LogP contribution is 2.26. The molecule has 0 unspecified atom stereocenters. The second-order valence-corrected chi connectivity index (χ2v) is 9.24. The number of ketones is 1. The molecule has 0 aliphatic carbocycles. The van der Waals surface area contributed by atoms with Gasteiger partial charge >= 0.3 is 5.97 Å². The lowest BCUT2D eigenvalue weighted by molar-refractivity contribution is -0.150. The molecule has 3 rings (SSSR count). The zero-order valence-corrected chi connectivity index (χ0v) is 17.2. The maximum absolute atomic E-state index is 12.9. The fourth-order valence-corrected chi connectivity index (χ4v) is 5.52. The molecule has 2 heterocycles. The molecule has 1 aliphatic rings. The molecule has 1 aromatic carbocycles. The lowest BCUT2D eigenvalue weighted by Gasteiger charge is -2.23. The Morgan fingerprint density at radius 2 is 2.04 bits per heavy atom. The molecule has 1 N–H and O–H groups in total. The third kappa shape index (κ3) is 3.84. The van der Waals surface area contributed by atoms with E-state index in [-0.39, 0.29) is 11.5 Å². The minimum absolute atomic E-state index is 0.000200. The predicted octanol–water partition coefficient (Wildman–Crippen LogP) is 2.79. The molecule has 7 nitrogen and oxygen atoms in total. The first-order chi connectivity index (χ1) is 13.3. The van der Waals surface area contributed by atoms with Crippen molar-refractivity contribution in [3.63, 3.8) is 0 Å². The number of Topliss-reactive ketones (excluding diaryl/α,β-unsaturated/α-hetero) is 1. The minimum Gasteiger partial charge on any atom is -0.453 e. The Labute approximate surface area is 165 Å². The number of hydrogen-bond donors (Lipinski definition) is 1. The normalized spacial score (nSPS) is 19.0. The monoisotopic (exact) mass is 406 g/mol. The number of para-hydroxylation sites is 1. The Bertz CT molecular complexity index is 995. The molecule has 8 heteroatoms. The summed E-state index contributed by atoms with van der Waals surface area (Å²) in [6.45, 7) is 5.43. The summed E-state index contributed by atoms with van der Waals surface area (Å²) in [5.41, 5.74) is 2.05. The van der Waals surface area contributed by atoms with E-state index < -0.39 is 28.1 Å². The van der Waals surface area contributed by atoms with Crippen molar-refractivity contribution in [2.75, 3.05) is 12.3 Å². The molecule has 1 saturated heterocycles. The topological polar surface area (TPSA) is 96.5 Å². The number of rotatable bonds is 7. The van der Waals surface area contributed by atoms with E-state index >= 15 is 0 Å². The zero-order chi connectivity index (χ0) is 20.5. The molecule has 1 aliphatic heterocycles. The van der Waals surface area contributed by atoms with Crippen molar-refractivity contribution in [1.29, 1.82) is 0 Å². The number of aromatic nitrogens is 1. The number of carbonyl (C=O) groups excluding carboxylic acids is 2. The number of nitrogens with zero attached hydrogens (tertiary/aromatic N) is 1. The van der Waals surface area contributed by atoms with Crippen LogP contribution >= 0.6 is 0 Å². The summed E-state index contributed by atoms with van der Waals surface area (Å²) in [5, 5.41) is 0.779. The largest absolute Gasteiger partial charge is 0.453 e. The molecule has 0 bridgehead atoms. The van der Waals surface area contributed by atoms with Crippen molar-refractivity contribution in [3.8, 4) is 0 Å². The second-order valence-electron chi connectivity index (χ2n) is 7.20. The second kappa shape index (κ2) is 8.05. The van der Waals surface area contributed by atoms with Crippen molar-refractivity contribution >= 4 is 32.7 Å². The van der Waals surface area contributed by atoms with E-state index in [1.54, 1.807) is 13.8 Å². The van der Waals surface area contributed by atoms with Gasteiger partial charge in [-0.1, -0.05) is 25.1 Å². The standard InChI is InChI=1S/C20H26N2O5S/c1-4-12-28(25,26)22-11-7-10-17(22)20(24)27-14(3)19(23)18-13(2)21-16-9-6-5-8-15(16)18/h5-6,8-9,14,17,21H,4,7,10-12H2,1-3H3/t14-,17-/m1/s1. The first-order valence-electron chi connectivity index (χ1n) is 9.57. The molecule has 152 valence electrons. The van der Waals surface area contributed by atoms with Crippen LogP contribution in [0.4, 0.5) is 0 Å². The molecule has 1 aromatic heterocycles. The van der Waals surface area contributed by atoms with Gasteiger partial charge in [0, 0.05) is 28.7 Å². The van der Waals surface area contributed by atoms with Crippen LogP contribution < -0.4 is 0 Å². The van der Waals surface area contributed by atoms with Gasteiger partial charge in [-0.3, -0.25) is 9.59 Å². The van der Waals surface area contributed by atoms with Crippen LogP contribution in [0.3, 0.4) is 0 Å². The lowest BCUT2D eigenvalue weighted by Crippen LogP contribution is -2.43. The number of benzene rings is 1. The number of esters is 1. The molecule has 0 radical (unpaired) electrons. The molecule has 1 fully saturated rings. The van der Waals surface area contributed by atoms with Crippen molar-refractivity contribution in [2.24, 2.45) is 0 Å². The molecule has 0 spiro atoms. The first-order valence-corrected chi connectivity index (χ1v) is 11.2. The third-order valence-electron chi connectivity index (χ3n) is 5.10. The molecular weight excluding hydrogens is 380 g/mol. The number of ether oxygens (including phenoxy) is 1. The number of H-pyrrole nitrogens is 1. The van der Waals surface area contributed by atoms with E-state index in [0.717, 1.165) is 10.9 Å². The van der Waals surface area contributed by atoms with Crippen LogP contribution in [0.5, 0.6) is 0 Å². The van der Waals surface area contributed by atoms with Crippen LogP contribution in [0.2, 0.25) is 0 Å². The lowest BCUT2D eigenvalue weighted by atomic mass is 10.0. The van der Waals surface area contributed by atoms with Gasteiger partial charge < -0.3 is 9.72 Å². The van der Waals surface area contributed by atoms with Gasteiger partial charge in [-0.25, -0.2) is 8.42 Å². The van der Waals surface area contributed by atoms with E-state index in [1.165, 1.54) is 11.2 Å². The Kier molecular flexibility index (Phi) is 5.90. The fraction of sp³-hybridized carbons (Fsp3) is 0.500. The number of fused-ring (bicyclic) bond motifs is 1. The van der Waals surface area contributed by atoms with Crippen LogP contribution in [0.1, 0.15) is 49.2 Å². The zero-order valence-electron chi connectivity index (χ0n) is 16.4. The molecular formula is C20H26N2O5S. The van der Waals surface area contributed by atoms with Crippen molar-refractivity contribution < 1.29 is 22.7 Å². The van der Waals surface area contributed by atoms with E-state index in [0.29, 0.717) is 37.1 Å². The number of sulfonamides is 1. The Morgan fingerprint density at radius 1 is 1.32 bits per heavy atom. The first kappa shape index (κ1) is 20.5. The fourth-order valence-electron chi connectivity index (χ4n) is 3.79. The predicted molar refractivity (Wildman–Crippen MR) is 107 cm³/mol. The van der Waals surface area contributed by atoms with Gasteiger partial charge in [-0.2, -0.15) is 4.31 Å². The minimum atomic E-state index is -3.50. The van der Waals surface area contributed by atoms with Crippen LogP contribution in [-0.2, 0) is 19.6 Å². The highest BCUT2D eigenvalue weighted by Gasteiger charge is 2.40. The quantitative estimate of drug-likeness (QED) is 0.563. The maximum Gasteiger partial charge on any atom is 0.325 e. The summed E-state index contributed by atoms with van der Waals surface area (Å²) in [5.74, 6) is -0.959. The molecule has 2 atom stereocenters. The SMILES string of the molecule is CCCS(=O)(=O)N1CCC[C@@H]1C(=O)O[C@H](C)C(=O)c1c(C)[nH]c2ccccc12. The third-order valence-corrected chi connectivity index (χ3v) is 7.17. The summed E-state index contributed by atoms with van der Waals surface area (Å²) in [6, 6.07) is 6.59. The van der Waals surface area contributed by atoms with Crippen molar-refractivity contribution in [3.05, 3.63) is 35.5 Å². The summed E-state index contributed by atoms with van der Waals surface area (Å²) in [6.07, 6.45) is 0.498. The molecule has 0 saturated carbocycles. The van der Waals surface area contributed by atoms with E-state index in [9.17, 15) is 18.0 Å². The number of aryl methyl sites for hydroxylation is 1. The Hall–Kier alpha value is -2.19. The van der Waals surface area contributed by atoms with Crippen LogP contribution in [0.15, 0.2) is 24.3 Å². The van der Waals surface area contributed by atoms with Gasteiger partial charge in [0.2, 0.25) is 15.8 Å². The van der Waals surface area contributed by atoms with Gasteiger partial charge in [0.15, 0.2) is 6.10 Å². The highest BCUT2D eigenvalue weighted by atomic mass is 32.2. The molecule has 2 aromatic rings. The van der Waals surface area contributed by atoms with Gasteiger partial charge in [-0.15, -0.1) is 0 Å². The van der Waals surface area contributed by atoms with Crippen molar-refractivity contribution in [1.82, 2.24) is 9.29 Å².